The van der Waals surface area contributed by atoms with Crippen molar-refractivity contribution >= 4 is 5.91 Å². The molecule has 18 heavy (non-hydrogen) atoms. The molecule has 100 valence electrons. The van der Waals surface area contributed by atoms with Crippen LogP contribution in [0.15, 0.2) is 30.3 Å². The van der Waals surface area contributed by atoms with Crippen LogP contribution in [0.1, 0.15) is 45.1 Å². The maximum Gasteiger partial charge on any atom is 0.222 e. The molecule has 1 aromatic carbocycles. The predicted molar refractivity (Wildman–Crippen MR) is 76.5 cm³/mol. The van der Waals surface area contributed by atoms with Gasteiger partial charge in [0.2, 0.25) is 5.91 Å². The molecule has 0 aliphatic heterocycles. The van der Waals surface area contributed by atoms with Crippen LogP contribution in [0.2, 0.25) is 0 Å². The first-order valence-corrected chi connectivity index (χ1v) is 7.09. The van der Waals surface area contributed by atoms with Gasteiger partial charge in [0.1, 0.15) is 0 Å². The molecule has 1 aromatic rings. The Morgan fingerprint density at radius 2 is 1.67 bits per heavy atom. The van der Waals surface area contributed by atoms with Crippen molar-refractivity contribution in [1.82, 2.24) is 4.90 Å². The molecule has 2 heteroatoms. The van der Waals surface area contributed by atoms with Crippen molar-refractivity contribution < 1.29 is 4.79 Å². The maximum atomic E-state index is 12.0. The van der Waals surface area contributed by atoms with Gasteiger partial charge in [-0.25, -0.2) is 0 Å². The summed E-state index contributed by atoms with van der Waals surface area (Å²) in [6.07, 6.45) is 4.72. The fourth-order valence-corrected chi connectivity index (χ4v) is 2.15. The predicted octanol–water partition coefficient (Wildman–Crippen LogP) is 3.66. The van der Waals surface area contributed by atoms with Crippen LogP contribution in [-0.2, 0) is 11.2 Å². The summed E-state index contributed by atoms with van der Waals surface area (Å²) in [5.74, 6) is 0.314. The lowest BCUT2D eigenvalue weighted by molar-refractivity contribution is -0.131. The van der Waals surface area contributed by atoms with Gasteiger partial charge in [0.15, 0.2) is 0 Å². The first kappa shape index (κ1) is 14.7. The number of rotatable bonds is 8. The minimum Gasteiger partial charge on any atom is -0.343 e. The quantitative estimate of drug-likeness (QED) is 0.686. The minimum absolute atomic E-state index is 0.314. The number of carbonyl (C=O) groups is 1. The van der Waals surface area contributed by atoms with Crippen molar-refractivity contribution in [2.75, 3.05) is 13.1 Å². The summed E-state index contributed by atoms with van der Waals surface area (Å²) in [6, 6.07) is 10.4. The van der Waals surface area contributed by atoms with Crippen LogP contribution in [0.4, 0.5) is 0 Å². The number of aryl methyl sites for hydroxylation is 1. The van der Waals surface area contributed by atoms with Gasteiger partial charge in [-0.05, 0) is 31.2 Å². The van der Waals surface area contributed by atoms with Gasteiger partial charge in [-0.3, -0.25) is 4.79 Å². The zero-order valence-electron chi connectivity index (χ0n) is 11.7. The van der Waals surface area contributed by atoms with Crippen LogP contribution in [0.3, 0.4) is 0 Å². The Balaban J connectivity index is 2.30. The van der Waals surface area contributed by atoms with Gasteiger partial charge in [-0.15, -0.1) is 0 Å². The highest BCUT2D eigenvalue weighted by Crippen LogP contribution is 2.07. The van der Waals surface area contributed by atoms with Crippen LogP contribution >= 0.6 is 0 Å². The van der Waals surface area contributed by atoms with E-state index in [9.17, 15) is 4.79 Å². The summed E-state index contributed by atoms with van der Waals surface area (Å²) in [6.45, 7) is 6.05. The second-order valence-electron chi connectivity index (χ2n) is 4.72. The number of hydrogen-bond acceptors (Lipinski definition) is 1. The third-order valence-electron chi connectivity index (χ3n) is 3.04. The molecule has 0 fully saturated rings. The van der Waals surface area contributed by atoms with Gasteiger partial charge in [0, 0.05) is 19.5 Å². The summed E-state index contributed by atoms with van der Waals surface area (Å²) >= 11 is 0. The van der Waals surface area contributed by atoms with Crippen molar-refractivity contribution in [1.29, 1.82) is 0 Å². The largest absolute Gasteiger partial charge is 0.343 e. The van der Waals surface area contributed by atoms with Gasteiger partial charge < -0.3 is 4.90 Å². The SMILES string of the molecule is CCCN(CCC)C(=O)CCCc1ccccc1. The summed E-state index contributed by atoms with van der Waals surface area (Å²) in [4.78, 5) is 14.0. The van der Waals surface area contributed by atoms with Gasteiger partial charge in [0.25, 0.3) is 0 Å². The lowest BCUT2D eigenvalue weighted by atomic mass is 10.1. The smallest absolute Gasteiger partial charge is 0.222 e. The molecule has 1 amide bonds. The monoisotopic (exact) mass is 247 g/mol. The fraction of sp³-hybridized carbons (Fsp3) is 0.562. The molecular weight excluding hydrogens is 222 g/mol. The van der Waals surface area contributed by atoms with Crippen molar-refractivity contribution in [3.8, 4) is 0 Å². The van der Waals surface area contributed by atoms with Crippen LogP contribution < -0.4 is 0 Å². The standard InChI is InChI=1S/C16H25NO/c1-3-13-17(14-4-2)16(18)12-8-11-15-9-6-5-7-10-15/h5-7,9-10H,3-4,8,11-14H2,1-2H3. The molecule has 0 unspecified atom stereocenters. The molecule has 2 nitrogen and oxygen atoms in total. The second-order valence-corrected chi connectivity index (χ2v) is 4.72. The van der Waals surface area contributed by atoms with E-state index in [1.54, 1.807) is 0 Å². The van der Waals surface area contributed by atoms with E-state index in [0.29, 0.717) is 12.3 Å². The van der Waals surface area contributed by atoms with E-state index >= 15 is 0 Å². The Kier molecular flexibility index (Phi) is 7.16. The van der Waals surface area contributed by atoms with Crippen LogP contribution in [-0.4, -0.2) is 23.9 Å². The normalized spacial score (nSPS) is 10.3. The summed E-state index contributed by atoms with van der Waals surface area (Å²) in [5.41, 5.74) is 1.32. The molecule has 0 saturated carbocycles. The van der Waals surface area contributed by atoms with Crippen LogP contribution in [0.25, 0.3) is 0 Å². The summed E-state index contributed by atoms with van der Waals surface area (Å²) in [7, 11) is 0. The van der Waals surface area contributed by atoms with Crippen molar-refractivity contribution in [3.05, 3.63) is 35.9 Å². The molecule has 0 N–H and O–H groups in total. The molecule has 0 heterocycles. The molecule has 1 rings (SSSR count). The third-order valence-corrected chi connectivity index (χ3v) is 3.04. The van der Waals surface area contributed by atoms with Crippen molar-refractivity contribution in [3.63, 3.8) is 0 Å². The van der Waals surface area contributed by atoms with E-state index in [4.69, 9.17) is 0 Å². The Morgan fingerprint density at radius 3 is 2.22 bits per heavy atom. The maximum absolute atomic E-state index is 12.0. The highest BCUT2D eigenvalue weighted by Gasteiger charge is 2.10. The molecule has 0 aliphatic carbocycles. The van der Waals surface area contributed by atoms with Gasteiger partial charge in [0.05, 0.1) is 0 Å². The Morgan fingerprint density at radius 1 is 1.06 bits per heavy atom. The van der Waals surface area contributed by atoms with Gasteiger partial charge in [-0.2, -0.15) is 0 Å². The number of amides is 1. The van der Waals surface area contributed by atoms with E-state index < -0.39 is 0 Å². The lowest BCUT2D eigenvalue weighted by Crippen LogP contribution is -2.32. The van der Waals surface area contributed by atoms with Crippen molar-refractivity contribution in [2.24, 2.45) is 0 Å². The van der Waals surface area contributed by atoms with E-state index in [-0.39, 0.29) is 0 Å². The zero-order chi connectivity index (χ0) is 13.2. The van der Waals surface area contributed by atoms with E-state index in [1.165, 1.54) is 5.56 Å². The van der Waals surface area contributed by atoms with Crippen LogP contribution in [0.5, 0.6) is 0 Å². The number of benzene rings is 1. The third kappa shape index (κ3) is 5.35. The molecule has 0 saturated heterocycles. The summed E-state index contributed by atoms with van der Waals surface area (Å²) in [5, 5.41) is 0. The number of nitrogens with zero attached hydrogens (tertiary/aromatic N) is 1. The van der Waals surface area contributed by atoms with E-state index in [1.807, 2.05) is 11.0 Å². The van der Waals surface area contributed by atoms with Crippen molar-refractivity contribution in [2.45, 2.75) is 46.0 Å². The highest BCUT2D eigenvalue weighted by atomic mass is 16.2. The molecular formula is C16H25NO. The summed E-state index contributed by atoms with van der Waals surface area (Å²) < 4.78 is 0. The Bertz CT molecular complexity index is 328. The van der Waals surface area contributed by atoms with Gasteiger partial charge >= 0.3 is 0 Å². The number of hydrogen-bond donors (Lipinski definition) is 0. The average molecular weight is 247 g/mol. The molecule has 0 radical (unpaired) electrons. The Labute approximate surface area is 111 Å². The average Bonchev–Trinajstić information content (AvgIpc) is 2.39. The molecule has 0 aliphatic rings. The molecule has 0 bridgehead atoms. The topological polar surface area (TPSA) is 20.3 Å². The Hall–Kier alpha value is -1.31. The van der Waals surface area contributed by atoms with Crippen LogP contribution in [0, 0.1) is 0 Å². The first-order chi connectivity index (χ1) is 8.77. The molecule has 0 atom stereocenters. The van der Waals surface area contributed by atoms with E-state index in [0.717, 1.165) is 38.8 Å². The lowest BCUT2D eigenvalue weighted by Gasteiger charge is -2.21. The first-order valence-electron chi connectivity index (χ1n) is 7.09. The molecule has 0 spiro atoms. The molecule has 0 aromatic heterocycles. The zero-order valence-corrected chi connectivity index (χ0v) is 11.7. The fourth-order valence-electron chi connectivity index (χ4n) is 2.15. The second kappa shape index (κ2) is 8.73. The highest BCUT2D eigenvalue weighted by molar-refractivity contribution is 5.76. The number of carbonyl (C=O) groups excluding carboxylic acids is 1. The van der Waals surface area contributed by atoms with E-state index in [2.05, 4.69) is 38.1 Å². The minimum atomic E-state index is 0.314. The van der Waals surface area contributed by atoms with Gasteiger partial charge in [-0.1, -0.05) is 44.2 Å².